The third kappa shape index (κ3) is 9.46. The molecule has 0 radical (unpaired) electrons. The molecule has 43 heavy (non-hydrogen) atoms. The fourth-order valence-corrected chi connectivity index (χ4v) is 5.60. The molecule has 3 rings (SSSR count). The second-order valence-electron chi connectivity index (χ2n) is 10.5. The highest BCUT2D eigenvalue weighted by atomic mass is 35.5. The van der Waals surface area contributed by atoms with Crippen LogP contribution in [-0.4, -0.2) is 50.0 Å². The SMILES string of the molecule is CCC(C)NC(=O)C(Cc1ccccc1)N(Cc1cccc(C)c1)C(=O)CN(c1cc(C(F)(F)F)ccc1Cl)S(C)(=O)=O. The zero-order valence-electron chi connectivity index (χ0n) is 24.4. The maximum absolute atomic E-state index is 14.1. The van der Waals surface area contributed by atoms with E-state index in [1.807, 2.05) is 51.1 Å². The number of amides is 2. The van der Waals surface area contributed by atoms with Crippen LogP contribution >= 0.6 is 11.6 Å². The van der Waals surface area contributed by atoms with Gasteiger partial charge in [0.15, 0.2) is 0 Å². The number of halogens is 4. The molecule has 0 aliphatic rings. The van der Waals surface area contributed by atoms with Crippen molar-refractivity contribution in [3.05, 3.63) is 100 Å². The first-order valence-electron chi connectivity index (χ1n) is 13.6. The van der Waals surface area contributed by atoms with E-state index in [-0.39, 0.29) is 24.0 Å². The monoisotopic (exact) mass is 637 g/mol. The highest BCUT2D eigenvalue weighted by Gasteiger charge is 2.36. The van der Waals surface area contributed by atoms with E-state index in [1.54, 1.807) is 24.3 Å². The molecule has 0 saturated heterocycles. The van der Waals surface area contributed by atoms with Gasteiger partial charge in [0.2, 0.25) is 21.8 Å². The number of carbonyl (C=O) groups is 2. The van der Waals surface area contributed by atoms with Gasteiger partial charge in [-0.3, -0.25) is 13.9 Å². The van der Waals surface area contributed by atoms with E-state index in [0.717, 1.165) is 29.5 Å². The fraction of sp³-hybridized carbons (Fsp3) is 0.355. The van der Waals surface area contributed by atoms with Gasteiger partial charge in [-0.15, -0.1) is 0 Å². The third-order valence-electron chi connectivity index (χ3n) is 6.93. The molecule has 0 aliphatic carbocycles. The number of hydrogen-bond acceptors (Lipinski definition) is 4. The molecular weight excluding hydrogens is 603 g/mol. The second-order valence-corrected chi connectivity index (χ2v) is 12.8. The maximum Gasteiger partial charge on any atom is 0.416 e. The summed E-state index contributed by atoms with van der Waals surface area (Å²) >= 11 is 6.19. The number of benzene rings is 3. The predicted octanol–water partition coefficient (Wildman–Crippen LogP) is 5.99. The number of anilines is 1. The number of aryl methyl sites for hydroxylation is 1. The third-order valence-corrected chi connectivity index (χ3v) is 8.37. The molecule has 7 nitrogen and oxygen atoms in total. The van der Waals surface area contributed by atoms with Crippen LogP contribution in [0.2, 0.25) is 5.02 Å². The summed E-state index contributed by atoms with van der Waals surface area (Å²) in [5.41, 5.74) is 0.730. The van der Waals surface area contributed by atoms with Crippen LogP contribution in [0.1, 0.15) is 42.5 Å². The van der Waals surface area contributed by atoms with Crippen molar-refractivity contribution in [2.75, 3.05) is 17.1 Å². The molecule has 232 valence electrons. The summed E-state index contributed by atoms with van der Waals surface area (Å²) in [6.07, 6.45) is -3.26. The Labute approximate surface area is 255 Å². The topological polar surface area (TPSA) is 86.8 Å². The van der Waals surface area contributed by atoms with Crippen LogP contribution in [0.25, 0.3) is 0 Å². The molecular formula is C31H35ClF3N3O4S. The first-order valence-corrected chi connectivity index (χ1v) is 15.9. The normalized spacial score (nSPS) is 13.2. The summed E-state index contributed by atoms with van der Waals surface area (Å²) in [7, 11) is -4.31. The highest BCUT2D eigenvalue weighted by Crippen LogP contribution is 2.36. The molecule has 2 atom stereocenters. The quantitative estimate of drug-likeness (QED) is 0.264. The lowest BCUT2D eigenvalue weighted by molar-refractivity contribution is -0.140. The Morgan fingerprint density at radius 2 is 1.63 bits per heavy atom. The van der Waals surface area contributed by atoms with Crippen molar-refractivity contribution in [3.8, 4) is 0 Å². The van der Waals surface area contributed by atoms with Gasteiger partial charge < -0.3 is 10.2 Å². The fourth-order valence-electron chi connectivity index (χ4n) is 4.48. The molecule has 0 spiro atoms. The second kappa shape index (κ2) is 14.3. The molecule has 12 heteroatoms. The summed E-state index contributed by atoms with van der Waals surface area (Å²) < 4.78 is 67.0. The van der Waals surface area contributed by atoms with Crippen molar-refractivity contribution in [2.45, 2.75) is 58.4 Å². The van der Waals surface area contributed by atoms with Crippen LogP contribution in [0.3, 0.4) is 0 Å². The van der Waals surface area contributed by atoms with E-state index in [2.05, 4.69) is 5.32 Å². The van der Waals surface area contributed by atoms with Crippen molar-refractivity contribution in [2.24, 2.45) is 0 Å². The van der Waals surface area contributed by atoms with E-state index in [4.69, 9.17) is 11.6 Å². The van der Waals surface area contributed by atoms with Gasteiger partial charge in [-0.25, -0.2) is 8.42 Å². The minimum Gasteiger partial charge on any atom is -0.352 e. The van der Waals surface area contributed by atoms with Gasteiger partial charge in [-0.1, -0.05) is 78.7 Å². The summed E-state index contributed by atoms with van der Waals surface area (Å²) in [6.45, 7) is 4.65. The maximum atomic E-state index is 14.1. The average molecular weight is 638 g/mol. The van der Waals surface area contributed by atoms with Gasteiger partial charge in [0, 0.05) is 19.0 Å². The number of rotatable bonds is 12. The molecule has 0 fully saturated rings. The summed E-state index contributed by atoms with van der Waals surface area (Å²) in [5.74, 6) is -1.23. The van der Waals surface area contributed by atoms with Gasteiger partial charge in [0.25, 0.3) is 0 Å². The molecule has 1 N–H and O–H groups in total. The van der Waals surface area contributed by atoms with Gasteiger partial charge in [-0.2, -0.15) is 13.2 Å². The molecule has 0 aromatic heterocycles. The number of alkyl halides is 3. The Morgan fingerprint density at radius 1 is 0.977 bits per heavy atom. The summed E-state index contributed by atoms with van der Waals surface area (Å²) in [6, 6.07) is 17.3. The van der Waals surface area contributed by atoms with Gasteiger partial charge in [0.1, 0.15) is 12.6 Å². The van der Waals surface area contributed by atoms with Crippen LogP contribution in [0.5, 0.6) is 0 Å². The van der Waals surface area contributed by atoms with E-state index < -0.39 is 51.9 Å². The lowest BCUT2D eigenvalue weighted by Crippen LogP contribution is -2.54. The Morgan fingerprint density at radius 3 is 2.21 bits per heavy atom. The molecule has 2 amide bonds. The van der Waals surface area contributed by atoms with Gasteiger partial charge in [-0.05, 0) is 49.6 Å². The lowest BCUT2D eigenvalue weighted by atomic mass is 10.0. The molecule has 0 heterocycles. The minimum atomic E-state index is -4.78. The van der Waals surface area contributed by atoms with Crippen molar-refractivity contribution >= 4 is 39.1 Å². The van der Waals surface area contributed by atoms with Crippen LogP contribution in [0.4, 0.5) is 18.9 Å². The summed E-state index contributed by atoms with van der Waals surface area (Å²) in [4.78, 5) is 29.1. The molecule has 0 saturated carbocycles. The Bertz CT molecular complexity index is 1530. The zero-order valence-corrected chi connectivity index (χ0v) is 25.9. The highest BCUT2D eigenvalue weighted by molar-refractivity contribution is 7.92. The van der Waals surface area contributed by atoms with Crippen LogP contribution in [-0.2, 0) is 38.8 Å². The van der Waals surface area contributed by atoms with E-state index >= 15 is 0 Å². The summed E-state index contributed by atoms with van der Waals surface area (Å²) in [5, 5.41) is 2.63. The number of hydrogen-bond donors (Lipinski definition) is 1. The Hall–Kier alpha value is -3.57. The van der Waals surface area contributed by atoms with Gasteiger partial charge in [0.05, 0.1) is 22.5 Å². The smallest absolute Gasteiger partial charge is 0.352 e. The number of nitrogens with zero attached hydrogens (tertiary/aromatic N) is 2. The standard InChI is InChI=1S/C31H35ClF3N3O4S/c1-5-22(3)36-30(40)28(17-23-11-7-6-8-12-23)37(19-24-13-9-10-21(2)16-24)29(39)20-38(43(4,41)42)27-18-25(31(33,34)35)14-15-26(27)32/h6-16,18,22,28H,5,17,19-20H2,1-4H3,(H,36,40). The van der Waals surface area contributed by atoms with Crippen molar-refractivity contribution in [3.63, 3.8) is 0 Å². The number of nitrogens with one attached hydrogen (secondary N) is 1. The number of sulfonamides is 1. The molecule has 3 aromatic rings. The van der Waals surface area contributed by atoms with Gasteiger partial charge >= 0.3 is 6.18 Å². The minimum absolute atomic E-state index is 0.0557. The number of carbonyl (C=O) groups excluding carboxylic acids is 2. The molecule has 2 unspecified atom stereocenters. The van der Waals surface area contributed by atoms with E-state index in [0.29, 0.717) is 22.4 Å². The van der Waals surface area contributed by atoms with E-state index in [1.165, 1.54) is 4.90 Å². The molecule has 0 bridgehead atoms. The lowest BCUT2D eigenvalue weighted by Gasteiger charge is -2.34. The zero-order chi connectivity index (χ0) is 31.9. The first kappa shape index (κ1) is 33.9. The van der Waals surface area contributed by atoms with Crippen LogP contribution in [0.15, 0.2) is 72.8 Å². The molecule has 3 aromatic carbocycles. The van der Waals surface area contributed by atoms with Crippen molar-refractivity contribution in [1.29, 1.82) is 0 Å². The Balaban J connectivity index is 2.12. The first-order chi connectivity index (χ1) is 20.1. The van der Waals surface area contributed by atoms with Crippen molar-refractivity contribution in [1.82, 2.24) is 10.2 Å². The Kier molecular flexibility index (Phi) is 11.3. The van der Waals surface area contributed by atoms with Crippen molar-refractivity contribution < 1.29 is 31.2 Å². The largest absolute Gasteiger partial charge is 0.416 e. The van der Waals surface area contributed by atoms with E-state index in [9.17, 15) is 31.2 Å². The predicted molar refractivity (Wildman–Crippen MR) is 162 cm³/mol. The van der Waals surface area contributed by atoms with Crippen LogP contribution in [0, 0.1) is 6.92 Å². The molecule has 0 aliphatic heterocycles. The average Bonchev–Trinajstić information content (AvgIpc) is 2.93. The van der Waals surface area contributed by atoms with Crippen LogP contribution < -0.4 is 9.62 Å².